The minimum atomic E-state index is -0.796. The van der Waals surface area contributed by atoms with Gasteiger partial charge in [-0.3, -0.25) is 9.59 Å². The van der Waals surface area contributed by atoms with E-state index in [0.29, 0.717) is 23.1 Å². The lowest BCUT2D eigenvalue weighted by atomic mass is 10.2. The first kappa shape index (κ1) is 19.6. The Bertz CT molecular complexity index is 1110. The molecular formula is C21H20N4O5S. The van der Waals surface area contributed by atoms with Crippen LogP contribution in [0.1, 0.15) is 17.0 Å². The van der Waals surface area contributed by atoms with E-state index in [2.05, 4.69) is 15.7 Å². The van der Waals surface area contributed by atoms with Crippen LogP contribution in [0.5, 0.6) is 11.5 Å². The van der Waals surface area contributed by atoms with Crippen LogP contribution in [0.25, 0.3) is 0 Å². The van der Waals surface area contributed by atoms with Gasteiger partial charge < -0.3 is 24.5 Å². The topological polar surface area (TPSA) is 108 Å². The van der Waals surface area contributed by atoms with Crippen molar-refractivity contribution in [3.8, 4) is 11.5 Å². The average Bonchev–Trinajstić information content (AvgIpc) is 3.52. The summed E-state index contributed by atoms with van der Waals surface area (Å²) in [4.78, 5) is 25.4. The molecule has 160 valence electrons. The maximum atomic E-state index is 12.9. The van der Waals surface area contributed by atoms with E-state index in [1.165, 1.54) is 4.68 Å². The Hall–Kier alpha value is -3.40. The molecule has 4 heterocycles. The molecule has 0 unspecified atom stereocenters. The summed E-state index contributed by atoms with van der Waals surface area (Å²) in [6, 6.07) is 10.8. The molecule has 2 N–H and O–H groups in total. The fourth-order valence-electron chi connectivity index (χ4n) is 3.46. The van der Waals surface area contributed by atoms with Crippen molar-refractivity contribution >= 4 is 29.4 Å². The van der Waals surface area contributed by atoms with Crippen LogP contribution in [-0.4, -0.2) is 34.3 Å². The highest BCUT2D eigenvalue weighted by Crippen LogP contribution is 2.35. The van der Waals surface area contributed by atoms with Crippen LogP contribution in [0.3, 0.4) is 0 Å². The van der Waals surface area contributed by atoms with Gasteiger partial charge in [0.15, 0.2) is 11.5 Å². The summed E-state index contributed by atoms with van der Waals surface area (Å²) in [5.41, 5.74) is 1.82. The van der Waals surface area contributed by atoms with E-state index in [4.69, 9.17) is 13.9 Å². The molecule has 1 atom stereocenters. The number of carbonyl (C=O) groups is 2. The standard InChI is InChI=1S/C21H20N4O5S/c26-19(22-8-13-4-3-7-28-13)9-25-20(14-11-31-12-15(14)24-25)23-21(27)18-10-29-16-5-1-2-6-17(16)30-18/h1-7,18H,8-12H2,(H,22,26)(H,23,27)/t18-/m1/s1. The molecule has 10 heteroatoms. The van der Waals surface area contributed by atoms with Crippen LogP contribution in [0.2, 0.25) is 0 Å². The highest BCUT2D eigenvalue weighted by molar-refractivity contribution is 7.98. The van der Waals surface area contributed by atoms with Crippen molar-refractivity contribution in [2.24, 2.45) is 0 Å². The number of thioether (sulfide) groups is 1. The van der Waals surface area contributed by atoms with E-state index in [1.54, 1.807) is 42.3 Å². The molecule has 0 saturated carbocycles. The first-order chi connectivity index (χ1) is 15.2. The highest BCUT2D eigenvalue weighted by Gasteiger charge is 2.31. The summed E-state index contributed by atoms with van der Waals surface area (Å²) >= 11 is 1.72. The molecule has 2 aromatic heterocycles. The van der Waals surface area contributed by atoms with E-state index in [0.717, 1.165) is 22.8 Å². The molecule has 31 heavy (non-hydrogen) atoms. The summed E-state index contributed by atoms with van der Waals surface area (Å²) in [5.74, 6) is 3.23. The number of amides is 2. The molecule has 0 spiro atoms. The fraction of sp³-hybridized carbons (Fsp3) is 0.286. The molecule has 1 aromatic carbocycles. The SMILES string of the molecule is O=C(Cn1nc2c(c1NC(=O)[C@H]1COc3ccccc3O1)CSC2)NCc1ccco1. The number of benzene rings is 1. The first-order valence-corrected chi connectivity index (χ1v) is 11.0. The Kier molecular flexibility index (Phi) is 5.29. The summed E-state index contributed by atoms with van der Waals surface area (Å²) in [6.45, 7) is 0.382. The number of anilines is 1. The molecular weight excluding hydrogens is 420 g/mol. The third kappa shape index (κ3) is 4.11. The van der Waals surface area contributed by atoms with Gasteiger partial charge in [-0.1, -0.05) is 12.1 Å². The second-order valence-electron chi connectivity index (χ2n) is 7.13. The number of ether oxygens (including phenoxy) is 2. The Morgan fingerprint density at radius 1 is 1.16 bits per heavy atom. The molecule has 2 amide bonds. The van der Waals surface area contributed by atoms with Crippen molar-refractivity contribution in [2.45, 2.75) is 30.7 Å². The molecule has 2 aliphatic rings. The molecule has 3 aromatic rings. The molecule has 0 saturated heterocycles. The van der Waals surface area contributed by atoms with Gasteiger partial charge in [0.05, 0.1) is 18.5 Å². The largest absolute Gasteiger partial charge is 0.485 e. The van der Waals surface area contributed by atoms with Crippen molar-refractivity contribution < 1.29 is 23.5 Å². The number of aromatic nitrogens is 2. The summed E-state index contributed by atoms with van der Waals surface area (Å²) in [5, 5.41) is 10.2. The van der Waals surface area contributed by atoms with Crippen molar-refractivity contribution in [3.05, 3.63) is 59.7 Å². The zero-order chi connectivity index (χ0) is 21.2. The number of fused-ring (bicyclic) bond motifs is 2. The summed E-state index contributed by atoms with van der Waals surface area (Å²) < 4.78 is 18.2. The van der Waals surface area contributed by atoms with Crippen LogP contribution >= 0.6 is 11.8 Å². The number of rotatable bonds is 6. The Morgan fingerprint density at radius 2 is 2.03 bits per heavy atom. The van der Waals surface area contributed by atoms with Crippen LogP contribution < -0.4 is 20.1 Å². The average molecular weight is 440 g/mol. The number of furan rings is 1. The van der Waals surface area contributed by atoms with Gasteiger partial charge in [-0.25, -0.2) is 4.68 Å². The van der Waals surface area contributed by atoms with Gasteiger partial charge in [-0.15, -0.1) is 0 Å². The molecule has 0 fully saturated rings. The Balaban J connectivity index is 1.28. The Labute approximate surface area is 182 Å². The number of hydrogen-bond donors (Lipinski definition) is 2. The smallest absolute Gasteiger partial charge is 0.270 e. The lowest BCUT2D eigenvalue weighted by Crippen LogP contribution is -2.41. The van der Waals surface area contributed by atoms with E-state index in [1.807, 2.05) is 12.1 Å². The first-order valence-electron chi connectivity index (χ1n) is 9.82. The highest BCUT2D eigenvalue weighted by atomic mass is 32.2. The number of para-hydroxylation sites is 2. The second-order valence-corrected chi connectivity index (χ2v) is 8.12. The van der Waals surface area contributed by atoms with E-state index < -0.39 is 6.10 Å². The normalized spacial score (nSPS) is 16.6. The van der Waals surface area contributed by atoms with E-state index >= 15 is 0 Å². The predicted molar refractivity (Wildman–Crippen MR) is 113 cm³/mol. The van der Waals surface area contributed by atoms with Crippen LogP contribution in [0.15, 0.2) is 47.1 Å². The van der Waals surface area contributed by atoms with Gasteiger partial charge in [-0.05, 0) is 24.3 Å². The van der Waals surface area contributed by atoms with Gasteiger partial charge in [0.1, 0.15) is 24.7 Å². The van der Waals surface area contributed by atoms with Crippen molar-refractivity contribution in [1.82, 2.24) is 15.1 Å². The fourth-order valence-corrected chi connectivity index (χ4v) is 4.49. The molecule has 5 rings (SSSR count). The minimum Gasteiger partial charge on any atom is -0.485 e. The monoisotopic (exact) mass is 440 g/mol. The summed E-state index contributed by atoms with van der Waals surface area (Å²) in [7, 11) is 0. The minimum absolute atomic E-state index is 0.0150. The van der Waals surface area contributed by atoms with Crippen molar-refractivity contribution in [1.29, 1.82) is 0 Å². The quantitative estimate of drug-likeness (QED) is 0.606. The van der Waals surface area contributed by atoms with Gasteiger partial charge in [0.2, 0.25) is 12.0 Å². The number of nitrogens with one attached hydrogen (secondary N) is 2. The van der Waals surface area contributed by atoms with Crippen molar-refractivity contribution in [3.63, 3.8) is 0 Å². The van der Waals surface area contributed by atoms with Crippen LogP contribution in [0.4, 0.5) is 5.82 Å². The maximum absolute atomic E-state index is 12.9. The third-order valence-electron chi connectivity index (χ3n) is 4.99. The molecule has 0 aliphatic carbocycles. The third-order valence-corrected chi connectivity index (χ3v) is 5.97. The molecule has 0 bridgehead atoms. The predicted octanol–water partition coefficient (Wildman–Crippen LogP) is 2.32. The van der Waals surface area contributed by atoms with Crippen LogP contribution in [-0.2, 0) is 34.2 Å². The lowest BCUT2D eigenvalue weighted by Gasteiger charge is -2.25. The van der Waals surface area contributed by atoms with Crippen molar-refractivity contribution in [2.75, 3.05) is 11.9 Å². The Morgan fingerprint density at radius 3 is 2.87 bits per heavy atom. The van der Waals surface area contributed by atoms with Crippen LogP contribution in [0, 0.1) is 0 Å². The maximum Gasteiger partial charge on any atom is 0.270 e. The van der Waals surface area contributed by atoms with Gasteiger partial charge in [-0.2, -0.15) is 16.9 Å². The van der Waals surface area contributed by atoms with Gasteiger partial charge in [0, 0.05) is 17.1 Å². The molecule has 2 aliphatic heterocycles. The second kappa shape index (κ2) is 8.38. The molecule has 0 radical (unpaired) electrons. The zero-order valence-electron chi connectivity index (χ0n) is 16.5. The van der Waals surface area contributed by atoms with E-state index in [-0.39, 0.29) is 31.5 Å². The number of carbonyl (C=O) groups excluding carboxylic acids is 2. The number of hydrogen-bond acceptors (Lipinski definition) is 7. The number of nitrogens with zero attached hydrogens (tertiary/aromatic N) is 2. The molecule has 9 nitrogen and oxygen atoms in total. The van der Waals surface area contributed by atoms with Gasteiger partial charge >= 0.3 is 0 Å². The summed E-state index contributed by atoms with van der Waals surface area (Å²) in [6.07, 6.45) is 0.760. The lowest BCUT2D eigenvalue weighted by molar-refractivity contribution is -0.125. The van der Waals surface area contributed by atoms with E-state index in [9.17, 15) is 9.59 Å². The zero-order valence-corrected chi connectivity index (χ0v) is 17.3. The van der Waals surface area contributed by atoms with Gasteiger partial charge in [0.25, 0.3) is 5.91 Å².